The maximum Gasteiger partial charge on any atom is 0.246 e. The smallest absolute Gasteiger partial charge is 0.246 e. The molecule has 3 aliphatic heterocycles. The lowest BCUT2D eigenvalue weighted by Gasteiger charge is -2.30. The minimum Gasteiger partial charge on any atom is -0.339 e. The van der Waals surface area contributed by atoms with Crippen LogP contribution in [0.5, 0.6) is 0 Å². The molecule has 0 saturated carbocycles. The Kier molecular flexibility index (Phi) is 5.80. The topological polar surface area (TPSA) is 52.7 Å². The first-order chi connectivity index (χ1) is 9.69. The van der Waals surface area contributed by atoms with Gasteiger partial charge in [0.2, 0.25) is 11.8 Å². The van der Waals surface area contributed by atoms with Crippen LogP contribution in [-0.4, -0.2) is 64.5 Å². The Bertz CT molecular complexity index is 410. The molecule has 0 aromatic heterocycles. The molecule has 7 heteroatoms. The van der Waals surface area contributed by atoms with E-state index in [0.29, 0.717) is 24.4 Å². The standard InChI is InChI=1S/C14H23N3O2S.ClH/c1-2-13(18)17-9-20-8-12(17)14(19)16-6-5-10-3-4-11(7-16)15-10;/h10-12,15H,2-9H2,1H3;1H. The van der Waals surface area contributed by atoms with E-state index in [1.54, 1.807) is 16.7 Å². The van der Waals surface area contributed by atoms with E-state index in [4.69, 9.17) is 0 Å². The van der Waals surface area contributed by atoms with Gasteiger partial charge in [0.15, 0.2) is 0 Å². The average molecular weight is 334 g/mol. The van der Waals surface area contributed by atoms with Crippen LogP contribution >= 0.6 is 24.2 Å². The molecule has 0 aromatic carbocycles. The van der Waals surface area contributed by atoms with Crippen LogP contribution in [0.25, 0.3) is 0 Å². The normalized spacial score (nSPS) is 31.8. The Morgan fingerprint density at radius 1 is 1.24 bits per heavy atom. The molecule has 3 atom stereocenters. The Labute approximate surface area is 136 Å². The van der Waals surface area contributed by atoms with Crippen LogP contribution in [0.4, 0.5) is 0 Å². The molecule has 3 unspecified atom stereocenters. The number of amides is 2. The maximum atomic E-state index is 12.8. The van der Waals surface area contributed by atoms with E-state index in [9.17, 15) is 9.59 Å². The molecule has 1 N–H and O–H groups in total. The first-order valence-corrected chi connectivity index (χ1v) is 8.76. The van der Waals surface area contributed by atoms with Gasteiger partial charge in [0.1, 0.15) is 6.04 Å². The summed E-state index contributed by atoms with van der Waals surface area (Å²) in [5.74, 6) is 1.68. The van der Waals surface area contributed by atoms with Crippen LogP contribution in [0, 0.1) is 0 Å². The Morgan fingerprint density at radius 2 is 2.00 bits per heavy atom. The van der Waals surface area contributed by atoms with Crippen molar-refractivity contribution in [3.8, 4) is 0 Å². The van der Waals surface area contributed by atoms with Crippen molar-refractivity contribution in [1.82, 2.24) is 15.1 Å². The van der Waals surface area contributed by atoms with Gasteiger partial charge in [-0.1, -0.05) is 6.92 Å². The van der Waals surface area contributed by atoms with Gasteiger partial charge in [-0.15, -0.1) is 24.2 Å². The third kappa shape index (κ3) is 3.48. The highest BCUT2D eigenvalue weighted by Gasteiger charge is 2.39. The van der Waals surface area contributed by atoms with Crippen molar-refractivity contribution in [2.45, 2.75) is 50.7 Å². The third-order valence-electron chi connectivity index (χ3n) is 4.63. The molecular formula is C14H24ClN3O2S. The van der Waals surface area contributed by atoms with Crippen molar-refractivity contribution in [2.24, 2.45) is 0 Å². The molecule has 0 radical (unpaired) electrons. The van der Waals surface area contributed by atoms with Crippen molar-refractivity contribution in [2.75, 3.05) is 24.7 Å². The summed E-state index contributed by atoms with van der Waals surface area (Å²) in [7, 11) is 0. The van der Waals surface area contributed by atoms with E-state index < -0.39 is 0 Å². The fourth-order valence-electron chi connectivity index (χ4n) is 3.45. The van der Waals surface area contributed by atoms with Gasteiger partial charge in [0.25, 0.3) is 0 Å². The maximum absolute atomic E-state index is 12.8. The molecule has 5 nitrogen and oxygen atoms in total. The Hall–Kier alpha value is -0.460. The lowest BCUT2D eigenvalue weighted by atomic mass is 10.1. The molecule has 3 rings (SSSR count). The fraction of sp³-hybridized carbons (Fsp3) is 0.857. The van der Waals surface area contributed by atoms with Gasteiger partial charge < -0.3 is 15.1 Å². The highest BCUT2D eigenvalue weighted by Crippen LogP contribution is 2.26. The van der Waals surface area contributed by atoms with E-state index in [2.05, 4.69) is 5.32 Å². The molecule has 3 heterocycles. The third-order valence-corrected chi connectivity index (χ3v) is 5.64. The van der Waals surface area contributed by atoms with Crippen LogP contribution in [0.15, 0.2) is 0 Å². The number of likely N-dealkylation sites (tertiary alicyclic amines) is 1. The number of hydrogen-bond donors (Lipinski definition) is 1. The molecule has 3 saturated heterocycles. The van der Waals surface area contributed by atoms with E-state index in [1.165, 1.54) is 12.8 Å². The van der Waals surface area contributed by atoms with Crippen LogP contribution in [0.1, 0.15) is 32.6 Å². The SMILES string of the molecule is CCC(=O)N1CSCC1C(=O)N1CCC2CCC(C1)N2.Cl. The number of halogens is 1. The first kappa shape index (κ1) is 16.9. The van der Waals surface area contributed by atoms with E-state index in [0.717, 1.165) is 25.3 Å². The van der Waals surface area contributed by atoms with Gasteiger partial charge in [-0.3, -0.25) is 9.59 Å². The van der Waals surface area contributed by atoms with Crippen LogP contribution in [-0.2, 0) is 9.59 Å². The molecular weight excluding hydrogens is 310 g/mol. The number of hydrogen-bond acceptors (Lipinski definition) is 4. The molecule has 0 aromatic rings. The van der Waals surface area contributed by atoms with Crippen LogP contribution < -0.4 is 5.32 Å². The zero-order valence-corrected chi connectivity index (χ0v) is 14.0. The molecule has 0 spiro atoms. The Morgan fingerprint density at radius 3 is 2.76 bits per heavy atom. The first-order valence-electron chi connectivity index (χ1n) is 7.61. The van der Waals surface area contributed by atoms with Crippen LogP contribution in [0.2, 0.25) is 0 Å². The molecule has 120 valence electrons. The summed E-state index contributed by atoms with van der Waals surface area (Å²) in [6, 6.07) is 0.809. The van der Waals surface area contributed by atoms with Gasteiger partial charge in [0, 0.05) is 37.3 Å². The number of nitrogens with zero attached hydrogens (tertiary/aromatic N) is 2. The molecule has 3 aliphatic rings. The second-order valence-corrected chi connectivity index (χ2v) is 6.94. The fourth-order valence-corrected chi connectivity index (χ4v) is 4.62. The highest BCUT2D eigenvalue weighted by atomic mass is 35.5. The zero-order chi connectivity index (χ0) is 14.1. The predicted molar refractivity (Wildman–Crippen MR) is 86.6 cm³/mol. The van der Waals surface area contributed by atoms with Crippen molar-refractivity contribution >= 4 is 36.0 Å². The van der Waals surface area contributed by atoms with Gasteiger partial charge >= 0.3 is 0 Å². The molecule has 0 aliphatic carbocycles. The van der Waals surface area contributed by atoms with Crippen molar-refractivity contribution < 1.29 is 9.59 Å². The van der Waals surface area contributed by atoms with E-state index in [-0.39, 0.29) is 30.3 Å². The number of thioether (sulfide) groups is 1. The second kappa shape index (κ2) is 7.20. The summed E-state index contributed by atoms with van der Waals surface area (Å²) in [6.45, 7) is 3.51. The lowest BCUT2D eigenvalue weighted by molar-refractivity contribution is -0.143. The van der Waals surface area contributed by atoms with Crippen molar-refractivity contribution in [3.05, 3.63) is 0 Å². The summed E-state index contributed by atoms with van der Waals surface area (Å²) < 4.78 is 0. The zero-order valence-electron chi connectivity index (χ0n) is 12.4. The summed E-state index contributed by atoms with van der Waals surface area (Å²) in [6.07, 6.45) is 3.94. The van der Waals surface area contributed by atoms with E-state index >= 15 is 0 Å². The molecule has 2 amide bonds. The molecule has 2 bridgehead atoms. The number of nitrogens with one attached hydrogen (secondary N) is 1. The average Bonchev–Trinajstić information content (AvgIpc) is 3.04. The van der Waals surface area contributed by atoms with Gasteiger partial charge in [-0.25, -0.2) is 0 Å². The van der Waals surface area contributed by atoms with E-state index in [1.807, 2.05) is 11.8 Å². The molecule has 3 fully saturated rings. The number of carbonyl (C=O) groups excluding carboxylic acids is 2. The monoisotopic (exact) mass is 333 g/mol. The molecule has 21 heavy (non-hydrogen) atoms. The van der Waals surface area contributed by atoms with Gasteiger partial charge in [0.05, 0.1) is 5.88 Å². The largest absolute Gasteiger partial charge is 0.339 e. The minimum absolute atomic E-state index is 0. The quantitative estimate of drug-likeness (QED) is 0.821. The summed E-state index contributed by atoms with van der Waals surface area (Å²) in [5, 5.41) is 3.59. The van der Waals surface area contributed by atoms with Gasteiger partial charge in [-0.2, -0.15) is 0 Å². The van der Waals surface area contributed by atoms with Crippen molar-refractivity contribution in [1.29, 1.82) is 0 Å². The second-order valence-electron chi connectivity index (χ2n) is 5.94. The van der Waals surface area contributed by atoms with Gasteiger partial charge in [-0.05, 0) is 19.3 Å². The summed E-state index contributed by atoms with van der Waals surface area (Å²) >= 11 is 1.69. The van der Waals surface area contributed by atoms with Crippen molar-refractivity contribution in [3.63, 3.8) is 0 Å². The number of rotatable bonds is 2. The number of carbonyl (C=O) groups is 2. The van der Waals surface area contributed by atoms with Crippen LogP contribution in [0.3, 0.4) is 0 Å². The Balaban J connectivity index is 0.00000161. The summed E-state index contributed by atoms with van der Waals surface area (Å²) in [4.78, 5) is 28.4. The number of fused-ring (bicyclic) bond motifs is 2. The minimum atomic E-state index is -0.232. The highest BCUT2D eigenvalue weighted by molar-refractivity contribution is 7.99. The summed E-state index contributed by atoms with van der Waals surface area (Å²) in [5.41, 5.74) is 0. The predicted octanol–water partition coefficient (Wildman–Crippen LogP) is 1.07. The lowest BCUT2D eigenvalue weighted by Crippen LogP contribution is -2.50.